The molecule has 2 aliphatic rings. The fourth-order valence-electron chi connectivity index (χ4n) is 3.08. The molecule has 3 rings (SSSR count). The number of hydrogen-bond donors (Lipinski definition) is 1. The van der Waals surface area contributed by atoms with Crippen LogP contribution in [0.3, 0.4) is 0 Å². The van der Waals surface area contributed by atoms with E-state index in [-0.39, 0.29) is 11.8 Å². The molecule has 0 bridgehead atoms. The van der Waals surface area contributed by atoms with E-state index in [0.717, 1.165) is 12.1 Å². The number of carbonyl (C=O) groups excluding carboxylic acids is 2. The molecular formula is C16H18F3N3O2. The summed E-state index contributed by atoms with van der Waals surface area (Å²) in [5.41, 5.74) is -0.168. The lowest BCUT2D eigenvalue weighted by Crippen LogP contribution is -2.53. The lowest BCUT2D eigenvalue weighted by atomic mass is 10.1. The zero-order chi connectivity index (χ0) is 17.3. The molecule has 130 valence electrons. The van der Waals surface area contributed by atoms with Crippen LogP contribution in [0.15, 0.2) is 24.3 Å². The normalized spacial score (nSPS) is 21.8. The zero-order valence-corrected chi connectivity index (χ0v) is 13.0. The second-order valence-corrected chi connectivity index (χ2v) is 6.02. The summed E-state index contributed by atoms with van der Waals surface area (Å²) in [6.07, 6.45) is -3.50. The van der Waals surface area contributed by atoms with E-state index < -0.39 is 17.8 Å². The second kappa shape index (κ2) is 6.33. The first-order chi connectivity index (χ1) is 11.3. The molecule has 2 amide bonds. The summed E-state index contributed by atoms with van der Waals surface area (Å²) in [6, 6.07) is 4.76. The molecule has 1 aromatic carbocycles. The molecule has 2 heterocycles. The molecule has 0 spiro atoms. The van der Waals surface area contributed by atoms with E-state index in [4.69, 9.17) is 0 Å². The molecule has 0 saturated carbocycles. The van der Waals surface area contributed by atoms with Crippen molar-refractivity contribution in [3.8, 4) is 0 Å². The quantitative estimate of drug-likeness (QED) is 0.890. The smallest absolute Gasteiger partial charge is 0.368 e. The van der Waals surface area contributed by atoms with Crippen molar-refractivity contribution < 1.29 is 22.8 Å². The lowest BCUT2D eigenvalue weighted by molar-refractivity contribution is -0.137. The first kappa shape index (κ1) is 16.6. The summed E-state index contributed by atoms with van der Waals surface area (Å²) in [7, 11) is 0. The highest BCUT2D eigenvalue weighted by Crippen LogP contribution is 2.31. The number of rotatable bonds is 2. The zero-order valence-electron chi connectivity index (χ0n) is 13.0. The van der Waals surface area contributed by atoms with Crippen LogP contribution in [0.25, 0.3) is 0 Å². The number of halogens is 3. The van der Waals surface area contributed by atoms with Gasteiger partial charge in [-0.2, -0.15) is 13.2 Å². The number of nitrogens with zero attached hydrogens (tertiary/aromatic N) is 2. The molecule has 0 unspecified atom stereocenters. The van der Waals surface area contributed by atoms with Gasteiger partial charge in [0.2, 0.25) is 11.8 Å². The molecule has 0 aliphatic carbocycles. The Hall–Kier alpha value is -2.25. The summed E-state index contributed by atoms with van der Waals surface area (Å²) in [4.78, 5) is 27.0. The standard InChI is InChI=1S/C16H18F3N3O2/c17-16(18,19)11-2-1-3-12(10-11)21-6-8-22(9-7-21)15(24)13-4-5-14(23)20-13/h1-3,10,13H,4-9H2,(H,20,23)/t13-/m1/s1. The van der Waals surface area contributed by atoms with E-state index in [0.29, 0.717) is 44.7 Å². The molecule has 2 fully saturated rings. The van der Waals surface area contributed by atoms with Crippen LogP contribution < -0.4 is 10.2 Å². The third-order valence-electron chi connectivity index (χ3n) is 4.42. The summed E-state index contributed by atoms with van der Waals surface area (Å²) >= 11 is 0. The van der Waals surface area contributed by atoms with E-state index in [9.17, 15) is 22.8 Å². The fraction of sp³-hybridized carbons (Fsp3) is 0.500. The molecular weight excluding hydrogens is 323 g/mol. The Kier molecular flexibility index (Phi) is 4.38. The summed E-state index contributed by atoms with van der Waals surface area (Å²) in [5, 5.41) is 2.65. The van der Waals surface area contributed by atoms with Crippen LogP contribution in [0.4, 0.5) is 18.9 Å². The van der Waals surface area contributed by atoms with Crippen molar-refractivity contribution in [1.82, 2.24) is 10.2 Å². The second-order valence-electron chi connectivity index (χ2n) is 6.02. The van der Waals surface area contributed by atoms with Gasteiger partial charge in [0.25, 0.3) is 0 Å². The Bertz CT molecular complexity index is 640. The third kappa shape index (κ3) is 3.47. The molecule has 1 atom stereocenters. The molecule has 2 aliphatic heterocycles. The Morgan fingerprint density at radius 3 is 2.46 bits per heavy atom. The van der Waals surface area contributed by atoms with E-state index in [1.165, 1.54) is 6.07 Å². The number of alkyl halides is 3. The topological polar surface area (TPSA) is 52.7 Å². The van der Waals surface area contributed by atoms with Crippen LogP contribution in [0.1, 0.15) is 18.4 Å². The minimum absolute atomic E-state index is 0.107. The van der Waals surface area contributed by atoms with Crippen LogP contribution in [-0.4, -0.2) is 48.9 Å². The minimum Gasteiger partial charge on any atom is -0.368 e. The fourth-order valence-corrected chi connectivity index (χ4v) is 3.08. The van der Waals surface area contributed by atoms with Gasteiger partial charge in [0.15, 0.2) is 0 Å². The van der Waals surface area contributed by atoms with Crippen molar-refractivity contribution in [3.05, 3.63) is 29.8 Å². The average Bonchev–Trinajstić information content (AvgIpc) is 3.00. The Morgan fingerprint density at radius 2 is 1.88 bits per heavy atom. The maximum Gasteiger partial charge on any atom is 0.416 e. The van der Waals surface area contributed by atoms with Crippen molar-refractivity contribution >= 4 is 17.5 Å². The number of hydrogen-bond acceptors (Lipinski definition) is 3. The Balaban J connectivity index is 1.61. The highest BCUT2D eigenvalue weighted by Gasteiger charge is 2.33. The van der Waals surface area contributed by atoms with Gasteiger partial charge in [0, 0.05) is 38.3 Å². The van der Waals surface area contributed by atoms with Crippen LogP contribution in [0, 0.1) is 0 Å². The van der Waals surface area contributed by atoms with E-state index in [1.54, 1.807) is 11.0 Å². The van der Waals surface area contributed by atoms with Crippen LogP contribution in [0.2, 0.25) is 0 Å². The molecule has 2 saturated heterocycles. The van der Waals surface area contributed by atoms with Crippen molar-refractivity contribution in [1.29, 1.82) is 0 Å². The monoisotopic (exact) mass is 341 g/mol. The third-order valence-corrected chi connectivity index (χ3v) is 4.42. The summed E-state index contributed by atoms with van der Waals surface area (Å²) in [5.74, 6) is -0.222. The number of nitrogens with one attached hydrogen (secondary N) is 1. The van der Waals surface area contributed by atoms with Gasteiger partial charge < -0.3 is 15.1 Å². The summed E-state index contributed by atoms with van der Waals surface area (Å²) in [6.45, 7) is 1.80. The first-order valence-electron chi connectivity index (χ1n) is 7.85. The van der Waals surface area contributed by atoms with Crippen LogP contribution >= 0.6 is 0 Å². The van der Waals surface area contributed by atoms with Crippen LogP contribution in [-0.2, 0) is 15.8 Å². The van der Waals surface area contributed by atoms with Gasteiger partial charge in [0.1, 0.15) is 6.04 Å². The van der Waals surface area contributed by atoms with Crippen molar-refractivity contribution in [2.24, 2.45) is 0 Å². The van der Waals surface area contributed by atoms with E-state index >= 15 is 0 Å². The predicted molar refractivity (Wildman–Crippen MR) is 81.4 cm³/mol. The summed E-state index contributed by atoms with van der Waals surface area (Å²) < 4.78 is 38.4. The van der Waals surface area contributed by atoms with E-state index in [2.05, 4.69) is 5.32 Å². The van der Waals surface area contributed by atoms with Gasteiger partial charge >= 0.3 is 6.18 Å². The van der Waals surface area contributed by atoms with Gasteiger partial charge in [0.05, 0.1) is 5.56 Å². The average molecular weight is 341 g/mol. The molecule has 24 heavy (non-hydrogen) atoms. The molecule has 0 aromatic heterocycles. The SMILES string of the molecule is O=C1CC[C@H](C(=O)N2CCN(c3cccc(C(F)(F)F)c3)CC2)N1. The molecule has 8 heteroatoms. The highest BCUT2D eigenvalue weighted by molar-refractivity contribution is 5.90. The molecule has 1 N–H and O–H groups in total. The van der Waals surface area contributed by atoms with Gasteiger partial charge in [-0.3, -0.25) is 9.59 Å². The minimum atomic E-state index is -4.37. The lowest BCUT2D eigenvalue weighted by Gasteiger charge is -2.37. The van der Waals surface area contributed by atoms with Gasteiger partial charge in [-0.05, 0) is 24.6 Å². The Labute approximate surface area is 137 Å². The number of piperazine rings is 1. The van der Waals surface area contributed by atoms with Crippen molar-refractivity contribution in [2.75, 3.05) is 31.1 Å². The number of anilines is 1. The largest absolute Gasteiger partial charge is 0.416 e. The van der Waals surface area contributed by atoms with Gasteiger partial charge in [-0.25, -0.2) is 0 Å². The maximum absolute atomic E-state index is 12.8. The van der Waals surface area contributed by atoms with E-state index in [1.807, 2.05) is 4.90 Å². The maximum atomic E-state index is 12.8. The van der Waals surface area contributed by atoms with Gasteiger partial charge in [-0.1, -0.05) is 6.07 Å². The molecule has 1 aromatic rings. The predicted octanol–water partition coefficient (Wildman–Crippen LogP) is 1.63. The number of amides is 2. The van der Waals surface area contributed by atoms with Gasteiger partial charge in [-0.15, -0.1) is 0 Å². The Morgan fingerprint density at radius 1 is 1.17 bits per heavy atom. The first-order valence-corrected chi connectivity index (χ1v) is 7.85. The molecule has 5 nitrogen and oxygen atoms in total. The van der Waals surface area contributed by atoms with Crippen LogP contribution in [0.5, 0.6) is 0 Å². The number of benzene rings is 1. The molecule has 0 radical (unpaired) electrons. The number of carbonyl (C=O) groups is 2. The van der Waals surface area contributed by atoms with Crippen molar-refractivity contribution in [3.63, 3.8) is 0 Å². The highest BCUT2D eigenvalue weighted by atomic mass is 19.4. The van der Waals surface area contributed by atoms with Crippen molar-refractivity contribution in [2.45, 2.75) is 25.1 Å².